The lowest BCUT2D eigenvalue weighted by molar-refractivity contribution is 0.120. The van der Waals surface area contributed by atoms with Crippen molar-refractivity contribution in [1.29, 1.82) is 0 Å². The van der Waals surface area contributed by atoms with Crippen molar-refractivity contribution < 1.29 is 18.3 Å². The third kappa shape index (κ3) is 2.12. The molecule has 1 aliphatic rings. The highest BCUT2D eigenvalue weighted by Crippen LogP contribution is 2.31. The summed E-state index contributed by atoms with van der Waals surface area (Å²) in [5, 5.41) is 9.56. The fourth-order valence-electron chi connectivity index (χ4n) is 1.63. The summed E-state index contributed by atoms with van der Waals surface area (Å²) >= 11 is 0. The summed E-state index contributed by atoms with van der Waals surface area (Å²) < 4.78 is 29.7. The molecule has 0 aromatic heterocycles. The molecule has 5 nitrogen and oxygen atoms in total. The largest absolute Gasteiger partial charge is 0.489 e. The Hall–Kier alpha value is -1.27. The molecule has 6 heteroatoms. The van der Waals surface area contributed by atoms with E-state index in [0.717, 1.165) is 6.26 Å². The number of ether oxygens (including phenoxy) is 1. The van der Waals surface area contributed by atoms with E-state index < -0.39 is 16.1 Å². The van der Waals surface area contributed by atoms with Crippen LogP contribution in [0.25, 0.3) is 0 Å². The van der Waals surface area contributed by atoms with Crippen LogP contribution >= 0.6 is 0 Å². The number of benzene rings is 1. The third-order valence-corrected chi connectivity index (χ3v) is 3.49. The first-order valence-corrected chi connectivity index (χ1v) is 6.71. The summed E-state index contributed by atoms with van der Waals surface area (Å²) in [6.07, 6.45) is 0.295. The van der Waals surface area contributed by atoms with Crippen molar-refractivity contribution in [2.24, 2.45) is 0 Å². The Labute approximate surface area is 94.3 Å². The minimum Gasteiger partial charge on any atom is -0.489 e. The smallest absolute Gasteiger partial charge is 0.232 e. The molecular formula is C10H13NO4S. The second kappa shape index (κ2) is 3.95. The van der Waals surface area contributed by atoms with E-state index in [2.05, 4.69) is 0 Å². The Morgan fingerprint density at radius 2 is 2.12 bits per heavy atom. The molecule has 88 valence electrons. The quantitative estimate of drug-likeness (QED) is 0.765. The first kappa shape index (κ1) is 11.2. The van der Waals surface area contributed by atoms with E-state index in [4.69, 9.17) is 4.74 Å². The topological polar surface area (TPSA) is 66.8 Å². The van der Waals surface area contributed by atoms with Gasteiger partial charge < -0.3 is 9.84 Å². The van der Waals surface area contributed by atoms with E-state index in [1.165, 1.54) is 4.31 Å². The van der Waals surface area contributed by atoms with Gasteiger partial charge in [0.15, 0.2) is 0 Å². The van der Waals surface area contributed by atoms with Crippen LogP contribution in [0.5, 0.6) is 5.75 Å². The number of fused-ring (bicyclic) bond motifs is 1. The molecule has 0 saturated heterocycles. The number of sulfonamides is 1. The van der Waals surface area contributed by atoms with Crippen molar-refractivity contribution in [1.82, 2.24) is 0 Å². The zero-order valence-corrected chi connectivity index (χ0v) is 9.64. The van der Waals surface area contributed by atoms with Gasteiger partial charge >= 0.3 is 0 Å². The number of rotatable bonds is 1. The van der Waals surface area contributed by atoms with Gasteiger partial charge in [0, 0.05) is 0 Å². The predicted octanol–water partition coefficient (Wildman–Crippen LogP) is 0.206. The average molecular weight is 243 g/mol. The number of hydrogen-bond donors (Lipinski definition) is 1. The monoisotopic (exact) mass is 243 g/mol. The maximum absolute atomic E-state index is 11.6. The highest BCUT2D eigenvalue weighted by atomic mass is 32.2. The minimum atomic E-state index is -3.40. The molecule has 1 N–H and O–H groups in total. The van der Waals surface area contributed by atoms with Crippen LogP contribution in [0.1, 0.15) is 0 Å². The zero-order chi connectivity index (χ0) is 11.8. The molecule has 16 heavy (non-hydrogen) atoms. The molecule has 0 saturated carbocycles. The van der Waals surface area contributed by atoms with Crippen LogP contribution in [-0.4, -0.2) is 39.0 Å². The number of para-hydroxylation sites is 2. The van der Waals surface area contributed by atoms with E-state index in [1.54, 1.807) is 24.3 Å². The van der Waals surface area contributed by atoms with Gasteiger partial charge in [-0.25, -0.2) is 8.42 Å². The second-order valence-corrected chi connectivity index (χ2v) is 5.63. The Morgan fingerprint density at radius 3 is 2.81 bits per heavy atom. The minimum absolute atomic E-state index is 0.0237. The molecule has 0 bridgehead atoms. The SMILES string of the molecule is CS(=O)(=O)N1CC(O)COc2ccccc21. The Kier molecular flexibility index (Phi) is 2.77. The van der Waals surface area contributed by atoms with Gasteiger partial charge in [-0.2, -0.15) is 0 Å². The lowest BCUT2D eigenvalue weighted by Gasteiger charge is -2.21. The standard InChI is InChI=1S/C10H13NO4S/c1-16(13,14)11-6-8(12)7-15-10-5-3-2-4-9(10)11/h2-5,8,12H,6-7H2,1H3. The van der Waals surface area contributed by atoms with E-state index in [-0.39, 0.29) is 13.2 Å². The molecule has 1 aromatic rings. The van der Waals surface area contributed by atoms with Crippen molar-refractivity contribution in [2.75, 3.05) is 23.7 Å². The normalized spacial score (nSPS) is 20.9. The third-order valence-electron chi connectivity index (χ3n) is 2.34. The summed E-state index contributed by atoms with van der Waals surface area (Å²) in [4.78, 5) is 0. The maximum Gasteiger partial charge on any atom is 0.232 e. The predicted molar refractivity (Wildman–Crippen MR) is 60.1 cm³/mol. The van der Waals surface area contributed by atoms with Crippen molar-refractivity contribution >= 4 is 15.7 Å². The van der Waals surface area contributed by atoms with Gasteiger partial charge in [0.05, 0.1) is 18.5 Å². The van der Waals surface area contributed by atoms with E-state index in [1.807, 2.05) is 0 Å². The van der Waals surface area contributed by atoms with Crippen LogP contribution in [0.2, 0.25) is 0 Å². The van der Waals surface area contributed by atoms with Crippen LogP contribution in [0.3, 0.4) is 0 Å². The van der Waals surface area contributed by atoms with Crippen LogP contribution in [0, 0.1) is 0 Å². The number of anilines is 1. The van der Waals surface area contributed by atoms with Crippen molar-refractivity contribution in [2.45, 2.75) is 6.10 Å². The molecule has 0 aliphatic carbocycles. The van der Waals surface area contributed by atoms with Gasteiger partial charge in [0.1, 0.15) is 18.5 Å². The van der Waals surface area contributed by atoms with E-state index in [9.17, 15) is 13.5 Å². The number of hydrogen-bond acceptors (Lipinski definition) is 4. The highest BCUT2D eigenvalue weighted by molar-refractivity contribution is 7.92. The van der Waals surface area contributed by atoms with Gasteiger partial charge in [-0.1, -0.05) is 12.1 Å². The fourth-order valence-corrected chi connectivity index (χ4v) is 2.58. The van der Waals surface area contributed by atoms with Crippen LogP contribution in [0.15, 0.2) is 24.3 Å². The molecule has 0 fully saturated rings. The van der Waals surface area contributed by atoms with Crippen LogP contribution < -0.4 is 9.04 Å². The van der Waals surface area contributed by atoms with E-state index in [0.29, 0.717) is 11.4 Å². The summed E-state index contributed by atoms with van der Waals surface area (Å²) in [6, 6.07) is 6.84. The molecule has 2 rings (SSSR count). The van der Waals surface area contributed by atoms with Crippen LogP contribution in [-0.2, 0) is 10.0 Å². The van der Waals surface area contributed by atoms with Crippen molar-refractivity contribution in [3.8, 4) is 5.75 Å². The lowest BCUT2D eigenvalue weighted by Crippen LogP contribution is -2.37. The number of aliphatic hydroxyl groups excluding tert-OH is 1. The molecular weight excluding hydrogens is 230 g/mol. The first-order valence-electron chi connectivity index (χ1n) is 4.86. The molecule has 1 unspecified atom stereocenters. The zero-order valence-electron chi connectivity index (χ0n) is 8.83. The Bertz CT molecular complexity index is 485. The summed E-state index contributed by atoms with van der Waals surface area (Å²) in [7, 11) is -3.40. The van der Waals surface area contributed by atoms with Gasteiger partial charge in [0.25, 0.3) is 0 Å². The molecule has 0 spiro atoms. The summed E-state index contributed by atoms with van der Waals surface area (Å²) in [5.41, 5.74) is 0.474. The van der Waals surface area contributed by atoms with Gasteiger partial charge in [0.2, 0.25) is 10.0 Å². The van der Waals surface area contributed by atoms with Gasteiger partial charge in [-0.3, -0.25) is 4.31 Å². The van der Waals surface area contributed by atoms with Crippen LogP contribution in [0.4, 0.5) is 5.69 Å². The number of β-amino-alcohol motifs (C(OH)–C–C–N with tert-alkyl or cyclic N) is 1. The average Bonchev–Trinajstić information content (AvgIpc) is 2.38. The van der Waals surface area contributed by atoms with Gasteiger partial charge in [-0.15, -0.1) is 0 Å². The highest BCUT2D eigenvalue weighted by Gasteiger charge is 2.27. The molecule has 0 amide bonds. The Balaban J connectivity index is 2.51. The number of nitrogens with zero attached hydrogens (tertiary/aromatic N) is 1. The van der Waals surface area contributed by atoms with Crippen molar-refractivity contribution in [3.05, 3.63) is 24.3 Å². The Morgan fingerprint density at radius 1 is 1.44 bits per heavy atom. The van der Waals surface area contributed by atoms with E-state index >= 15 is 0 Å². The fraction of sp³-hybridized carbons (Fsp3) is 0.400. The van der Waals surface area contributed by atoms with Gasteiger partial charge in [-0.05, 0) is 12.1 Å². The molecule has 1 aromatic carbocycles. The molecule has 1 aliphatic heterocycles. The lowest BCUT2D eigenvalue weighted by atomic mass is 10.3. The summed E-state index contributed by atoms with van der Waals surface area (Å²) in [6.45, 7) is 0.124. The van der Waals surface area contributed by atoms with Crippen molar-refractivity contribution in [3.63, 3.8) is 0 Å². The molecule has 1 heterocycles. The number of aliphatic hydroxyl groups is 1. The molecule has 0 radical (unpaired) electrons. The maximum atomic E-state index is 11.6. The first-order chi connectivity index (χ1) is 7.48. The molecule has 1 atom stereocenters. The second-order valence-electron chi connectivity index (χ2n) is 3.73. The summed E-state index contributed by atoms with van der Waals surface area (Å²) in [5.74, 6) is 0.476.